The molecule has 144 valence electrons. The van der Waals surface area contributed by atoms with Crippen LogP contribution in [0, 0.1) is 5.92 Å². The van der Waals surface area contributed by atoms with Gasteiger partial charge in [-0.2, -0.15) is 0 Å². The van der Waals surface area contributed by atoms with Crippen LogP contribution >= 0.6 is 12.2 Å². The fourth-order valence-electron chi connectivity index (χ4n) is 3.00. The summed E-state index contributed by atoms with van der Waals surface area (Å²) in [6.45, 7) is 8.11. The summed E-state index contributed by atoms with van der Waals surface area (Å²) in [5.74, 6) is 2.77. The molecule has 1 aliphatic heterocycles. The van der Waals surface area contributed by atoms with E-state index in [1.54, 1.807) is 0 Å². The lowest BCUT2D eigenvalue weighted by molar-refractivity contribution is 0.171. The Morgan fingerprint density at radius 3 is 2.44 bits per heavy atom. The normalized spacial score (nSPS) is 13.8. The summed E-state index contributed by atoms with van der Waals surface area (Å²) in [7, 11) is 0. The maximum atomic E-state index is 5.71. The van der Waals surface area contributed by atoms with Crippen LogP contribution in [0.5, 0.6) is 17.2 Å². The first-order valence-electron chi connectivity index (χ1n) is 9.26. The smallest absolute Gasteiger partial charge is 0.171 e. The van der Waals surface area contributed by atoms with Crippen LogP contribution in [0.4, 0.5) is 5.69 Å². The van der Waals surface area contributed by atoms with Crippen molar-refractivity contribution in [3.8, 4) is 17.2 Å². The van der Waals surface area contributed by atoms with Gasteiger partial charge in [0, 0.05) is 5.69 Å². The van der Waals surface area contributed by atoms with Crippen molar-refractivity contribution in [2.24, 2.45) is 5.92 Å². The van der Waals surface area contributed by atoms with E-state index in [0.717, 1.165) is 28.5 Å². The van der Waals surface area contributed by atoms with E-state index in [4.69, 9.17) is 26.4 Å². The molecule has 0 saturated carbocycles. The lowest BCUT2D eigenvalue weighted by atomic mass is 9.95. The molecule has 0 amide bonds. The lowest BCUT2D eigenvalue weighted by Gasteiger charge is -2.26. The molecule has 1 atom stereocenters. The van der Waals surface area contributed by atoms with Crippen LogP contribution in [0.3, 0.4) is 0 Å². The number of thiocarbonyl (C=S) groups is 1. The third-order valence-corrected chi connectivity index (χ3v) is 4.52. The van der Waals surface area contributed by atoms with Gasteiger partial charge in [-0.3, -0.25) is 0 Å². The predicted octanol–water partition coefficient (Wildman–Crippen LogP) is 4.54. The topological polar surface area (TPSA) is 51.8 Å². The number of ether oxygens (including phenoxy) is 3. The van der Waals surface area contributed by atoms with Crippen molar-refractivity contribution in [1.82, 2.24) is 5.32 Å². The molecule has 2 aromatic rings. The number of anilines is 1. The Hall–Kier alpha value is -2.47. The molecule has 0 spiro atoms. The van der Waals surface area contributed by atoms with E-state index in [-0.39, 0.29) is 6.04 Å². The van der Waals surface area contributed by atoms with E-state index in [9.17, 15) is 0 Å². The van der Waals surface area contributed by atoms with Gasteiger partial charge in [0.1, 0.15) is 19.0 Å². The maximum absolute atomic E-state index is 5.71. The molecule has 1 heterocycles. The molecule has 0 aromatic heterocycles. The average molecular weight is 387 g/mol. The molecular weight excluding hydrogens is 360 g/mol. The highest BCUT2D eigenvalue weighted by Crippen LogP contribution is 2.34. The number of rotatable bonds is 6. The van der Waals surface area contributed by atoms with Gasteiger partial charge < -0.3 is 24.8 Å². The Morgan fingerprint density at radius 2 is 1.78 bits per heavy atom. The molecule has 2 N–H and O–H groups in total. The van der Waals surface area contributed by atoms with Crippen LogP contribution in [0.15, 0.2) is 42.5 Å². The minimum atomic E-state index is 0.0588. The fourth-order valence-corrected chi connectivity index (χ4v) is 3.24. The Bertz CT molecular complexity index is 777. The van der Waals surface area contributed by atoms with E-state index in [2.05, 4.69) is 30.5 Å². The predicted molar refractivity (Wildman–Crippen MR) is 112 cm³/mol. The van der Waals surface area contributed by atoms with Crippen molar-refractivity contribution >= 4 is 23.0 Å². The molecule has 0 saturated heterocycles. The SMILES string of the molecule is CCOc1ccc(NC(=S)N[C@H](c2ccc3c(c2)OCCO3)C(C)C)cc1. The first kappa shape index (κ1) is 19.3. The van der Waals surface area contributed by atoms with Gasteiger partial charge in [-0.05, 0) is 67.0 Å². The standard InChI is InChI=1S/C21H26N2O3S/c1-4-24-17-8-6-16(7-9-17)22-21(27)23-20(14(2)3)15-5-10-18-19(13-15)26-12-11-25-18/h5-10,13-14,20H,4,11-12H2,1-3H3,(H2,22,23,27)/t20-/m0/s1. The molecule has 0 unspecified atom stereocenters. The van der Waals surface area contributed by atoms with E-state index < -0.39 is 0 Å². The first-order valence-corrected chi connectivity index (χ1v) is 9.67. The third kappa shape index (κ3) is 5.04. The highest BCUT2D eigenvalue weighted by molar-refractivity contribution is 7.80. The molecule has 0 radical (unpaired) electrons. The van der Waals surface area contributed by atoms with Crippen LogP contribution in [-0.4, -0.2) is 24.9 Å². The highest BCUT2D eigenvalue weighted by Gasteiger charge is 2.20. The highest BCUT2D eigenvalue weighted by atomic mass is 32.1. The summed E-state index contributed by atoms with van der Waals surface area (Å²) in [6, 6.07) is 13.9. The summed E-state index contributed by atoms with van der Waals surface area (Å²) >= 11 is 5.53. The van der Waals surface area contributed by atoms with Gasteiger partial charge in [-0.25, -0.2) is 0 Å². The molecule has 1 aliphatic rings. The number of hydrogen-bond acceptors (Lipinski definition) is 4. The third-order valence-electron chi connectivity index (χ3n) is 4.30. The van der Waals surface area contributed by atoms with E-state index in [1.807, 2.05) is 43.3 Å². The Labute approximate surface area is 166 Å². The zero-order valence-corrected chi connectivity index (χ0v) is 16.8. The van der Waals surface area contributed by atoms with E-state index >= 15 is 0 Å². The zero-order valence-electron chi connectivity index (χ0n) is 16.0. The van der Waals surface area contributed by atoms with Crippen LogP contribution in [-0.2, 0) is 0 Å². The second kappa shape index (κ2) is 8.95. The van der Waals surface area contributed by atoms with Crippen molar-refractivity contribution in [1.29, 1.82) is 0 Å². The van der Waals surface area contributed by atoms with Crippen LogP contribution < -0.4 is 24.8 Å². The number of benzene rings is 2. The number of hydrogen-bond donors (Lipinski definition) is 2. The van der Waals surface area contributed by atoms with Gasteiger partial charge in [0.15, 0.2) is 16.6 Å². The number of nitrogens with one attached hydrogen (secondary N) is 2. The summed E-state index contributed by atoms with van der Waals surface area (Å²) in [4.78, 5) is 0. The van der Waals surface area contributed by atoms with Gasteiger partial charge in [-0.15, -0.1) is 0 Å². The summed E-state index contributed by atoms with van der Waals surface area (Å²) in [5.41, 5.74) is 2.03. The molecular formula is C21H26N2O3S. The van der Waals surface area contributed by atoms with Crippen molar-refractivity contribution in [3.63, 3.8) is 0 Å². The van der Waals surface area contributed by atoms with Gasteiger partial charge >= 0.3 is 0 Å². The minimum absolute atomic E-state index is 0.0588. The molecule has 2 aromatic carbocycles. The van der Waals surface area contributed by atoms with Crippen molar-refractivity contribution < 1.29 is 14.2 Å². The van der Waals surface area contributed by atoms with Crippen molar-refractivity contribution in [3.05, 3.63) is 48.0 Å². The maximum Gasteiger partial charge on any atom is 0.171 e. The first-order chi connectivity index (χ1) is 13.1. The molecule has 0 bridgehead atoms. The summed E-state index contributed by atoms with van der Waals surface area (Å²) < 4.78 is 16.8. The minimum Gasteiger partial charge on any atom is -0.494 e. The second-order valence-corrected chi connectivity index (χ2v) is 7.09. The zero-order chi connectivity index (χ0) is 19.2. The van der Waals surface area contributed by atoms with Gasteiger partial charge in [-0.1, -0.05) is 19.9 Å². The van der Waals surface area contributed by atoms with Crippen molar-refractivity contribution in [2.75, 3.05) is 25.1 Å². The Balaban J connectivity index is 1.67. The average Bonchev–Trinajstić information content (AvgIpc) is 2.67. The molecule has 0 aliphatic carbocycles. The Kier molecular flexibility index (Phi) is 6.40. The van der Waals surface area contributed by atoms with E-state index in [1.165, 1.54) is 0 Å². The molecule has 27 heavy (non-hydrogen) atoms. The quantitative estimate of drug-likeness (QED) is 0.711. The van der Waals surface area contributed by atoms with Gasteiger partial charge in [0.25, 0.3) is 0 Å². The van der Waals surface area contributed by atoms with Crippen molar-refractivity contribution in [2.45, 2.75) is 26.8 Å². The molecule has 6 heteroatoms. The van der Waals surface area contributed by atoms with Gasteiger partial charge in [0.05, 0.1) is 12.6 Å². The van der Waals surface area contributed by atoms with Crippen LogP contribution in [0.25, 0.3) is 0 Å². The molecule has 0 fully saturated rings. The Morgan fingerprint density at radius 1 is 1.07 bits per heavy atom. The lowest BCUT2D eigenvalue weighted by Crippen LogP contribution is -2.35. The number of fused-ring (bicyclic) bond motifs is 1. The van der Waals surface area contributed by atoms with Crippen LogP contribution in [0.2, 0.25) is 0 Å². The molecule has 5 nitrogen and oxygen atoms in total. The molecule has 3 rings (SSSR count). The monoisotopic (exact) mass is 386 g/mol. The summed E-state index contributed by atoms with van der Waals surface area (Å²) in [6.07, 6.45) is 0. The summed E-state index contributed by atoms with van der Waals surface area (Å²) in [5, 5.41) is 7.23. The van der Waals surface area contributed by atoms with E-state index in [0.29, 0.717) is 30.9 Å². The van der Waals surface area contributed by atoms with Gasteiger partial charge in [0.2, 0.25) is 0 Å². The second-order valence-electron chi connectivity index (χ2n) is 6.68. The largest absolute Gasteiger partial charge is 0.494 e. The van der Waals surface area contributed by atoms with Crippen LogP contribution in [0.1, 0.15) is 32.4 Å². The fraction of sp³-hybridized carbons (Fsp3) is 0.381.